The van der Waals surface area contributed by atoms with Crippen LogP contribution in [0.2, 0.25) is 0 Å². The van der Waals surface area contributed by atoms with E-state index < -0.39 is 5.97 Å². The number of ether oxygens (including phenoxy) is 1. The molecule has 2 aromatic rings. The van der Waals surface area contributed by atoms with Crippen LogP contribution < -0.4 is 5.32 Å². The third-order valence-corrected chi connectivity index (χ3v) is 4.40. The standard InChI is InChI=1S/C19H21N5O4/c1-13-11-16(17(26)24-9-7-23(12-25)8-10-24)22-19(20-13)21-15-6-4-3-5-14(15)18(27)28-2/h3-6,11-12H,7-10H2,1-2H3,(H,20,21,22). The number of benzene rings is 1. The summed E-state index contributed by atoms with van der Waals surface area (Å²) < 4.78 is 4.79. The Kier molecular flexibility index (Phi) is 5.83. The lowest BCUT2D eigenvalue weighted by Gasteiger charge is -2.32. The molecule has 1 aliphatic heterocycles. The average Bonchev–Trinajstić information content (AvgIpc) is 2.72. The summed E-state index contributed by atoms with van der Waals surface area (Å²) in [4.78, 5) is 47.5. The molecular formula is C19H21N5O4. The van der Waals surface area contributed by atoms with Gasteiger partial charge in [-0.15, -0.1) is 0 Å². The number of carbonyl (C=O) groups excluding carboxylic acids is 3. The fourth-order valence-electron chi connectivity index (χ4n) is 2.93. The number of esters is 1. The first kappa shape index (κ1) is 19.3. The summed E-state index contributed by atoms with van der Waals surface area (Å²) in [5, 5.41) is 2.99. The first-order valence-electron chi connectivity index (χ1n) is 8.80. The molecule has 0 atom stereocenters. The van der Waals surface area contributed by atoms with Crippen LogP contribution in [0.1, 0.15) is 26.5 Å². The van der Waals surface area contributed by atoms with E-state index >= 15 is 0 Å². The summed E-state index contributed by atoms with van der Waals surface area (Å²) in [6.07, 6.45) is 0.789. The van der Waals surface area contributed by atoms with Gasteiger partial charge in [-0.3, -0.25) is 9.59 Å². The number of methoxy groups -OCH3 is 1. The maximum absolute atomic E-state index is 12.8. The SMILES string of the molecule is COC(=O)c1ccccc1Nc1nc(C)cc(C(=O)N2CCN(C=O)CC2)n1. The Labute approximate surface area is 162 Å². The van der Waals surface area contributed by atoms with Crippen LogP contribution >= 0.6 is 0 Å². The van der Waals surface area contributed by atoms with Crippen molar-refractivity contribution >= 4 is 29.9 Å². The van der Waals surface area contributed by atoms with Gasteiger partial charge in [0.15, 0.2) is 0 Å². The van der Waals surface area contributed by atoms with Crippen molar-refractivity contribution in [2.45, 2.75) is 6.92 Å². The second kappa shape index (κ2) is 8.47. The Bertz CT molecular complexity index is 894. The van der Waals surface area contributed by atoms with Gasteiger partial charge in [-0.05, 0) is 25.1 Å². The Morgan fingerprint density at radius 2 is 1.86 bits per heavy atom. The molecule has 0 saturated carbocycles. The first-order chi connectivity index (χ1) is 13.5. The highest BCUT2D eigenvalue weighted by atomic mass is 16.5. The van der Waals surface area contributed by atoms with Crippen LogP contribution in [0, 0.1) is 6.92 Å². The number of para-hydroxylation sites is 1. The molecule has 1 aliphatic rings. The minimum absolute atomic E-state index is 0.214. The number of anilines is 2. The highest BCUT2D eigenvalue weighted by molar-refractivity contribution is 5.96. The highest BCUT2D eigenvalue weighted by Gasteiger charge is 2.23. The Morgan fingerprint density at radius 3 is 2.54 bits per heavy atom. The Morgan fingerprint density at radius 1 is 1.14 bits per heavy atom. The predicted molar refractivity (Wildman–Crippen MR) is 101 cm³/mol. The summed E-state index contributed by atoms with van der Waals surface area (Å²) >= 11 is 0. The van der Waals surface area contributed by atoms with Crippen molar-refractivity contribution in [1.82, 2.24) is 19.8 Å². The van der Waals surface area contributed by atoms with Gasteiger partial charge >= 0.3 is 5.97 Å². The second-order valence-corrected chi connectivity index (χ2v) is 6.31. The topological polar surface area (TPSA) is 105 Å². The third-order valence-electron chi connectivity index (χ3n) is 4.40. The van der Waals surface area contributed by atoms with E-state index in [1.54, 1.807) is 47.1 Å². The van der Waals surface area contributed by atoms with E-state index in [2.05, 4.69) is 15.3 Å². The van der Waals surface area contributed by atoms with Crippen molar-refractivity contribution in [3.05, 3.63) is 47.3 Å². The zero-order valence-corrected chi connectivity index (χ0v) is 15.7. The number of amides is 2. The van der Waals surface area contributed by atoms with Gasteiger partial charge in [0, 0.05) is 31.9 Å². The normalized spacial score (nSPS) is 13.8. The minimum atomic E-state index is -0.486. The van der Waals surface area contributed by atoms with Gasteiger partial charge in [-0.25, -0.2) is 14.8 Å². The van der Waals surface area contributed by atoms with Crippen LogP contribution in [0.4, 0.5) is 11.6 Å². The molecule has 28 heavy (non-hydrogen) atoms. The van der Waals surface area contributed by atoms with Gasteiger partial charge in [0.25, 0.3) is 5.91 Å². The van der Waals surface area contributed by atoms with Crippen LogP contribution in [0.3, 0.4) is 0 Å². The Hall–Kier alpha value is -3.49. The number of aromatic nitrogens is 2. The van der Waals surface area contributed by atoms with Crippen LogP contribution in [0.15, 0.2) is 30.3 Å². The minimum Gasteiger partial charge on any atom is -0.465 e. The molecule has 1 aromatic carbocycles. The summed E-state index contributed by atoms with van der Waals surface area (Å²) in [5.74, 6) is -0.494. The van der Waals surface area contributed by atoms with Crippen molar-refractivity contribution in [3.8, 4) is 0 Å². The molecule has 146 valence electrons. The Balaban J connectivity index is 1.82. The molecule has 0 aliphatic carbocycles. The zero-order valence-electron chi connectivity index (χ0n) is 15.7. The molecule has 1 aromatic heterocycles. The van der Waals surface area contributed by atoms with E-state index in [9.17, 15) is 14.4 Å². The largest absolute Gasteiger partial charge is 0.465 e. The number of piperazine rings is 1. The lowest BCUT2D eigenvalue weighted by Crippen LogP contribution is -2.48. The number of hydrogen-bond donors (Lipinski definition) is 1. The molecule has 0 bridgehead atoms. The summed E-state index contributed by atoms with van der Waals surface area (Å²) in [5.41, 5.74) is 1.69. The van der Waals surface area contributed by atoms with Gasteiger partial charge in [0.1, 0.15) is 5.69 Å². The molecule has 1 fully saturated rings. The summed E-state index contributed by atoms with van der Waals surface area (Å²) in [6, 6.07) is 8.44. The lowest BCUT2D eigenvalue weighted by molar-refractivity contribution is -0.119. The molecule has 0 spiro atoms. The van der Waals surface area contributed by atoms with Crippen LogP contribution in [0.5, 0.6) is 0 Å². The number of carbonyl (C=O) groups is 3. The van der Waals surface area contributed by atoms with Crippen molar-refractivity contribution in [1.29, 1.82) is 0 Å². The molecule has 0 unspecified atom stereocenters. The second-order valence-electron chi connectivity index (χ2n) is 6.31. The highest BCUT2D eigenvalue weighted by Crippen LogP contribution is 2.20. The van der Waals surface area contributed by atoms with Crippen molar-refractivity contribution < 1.29 is 19.1 Å². The number of hydrogen-bond acceptors (Lipinski definition) is 7. The van der Waals surface area contributed by atoms with Gasteiger partial charge in [0.05, 0.1) is 18.4 Å². The molecular weight excluding hydrogens is 362 g/mol. The number of nitrogens with one attached hydrogen (secondary N) is 1. The molecule has 1 saturated heterocycles. The molecule has 0 radical (unpaired) electrons. The molecule has 1 N–H and O–H groups in total. The van der Waals surface area contributed by atoms with Gasteiger partial charge < -0.3 is 19.9 Å². The molecule has 9 heteroatoms. The first-order valence-corrected chi connectivity index (χ1v) is 8.80. The number of aryl methyl sites for hydroxylation is 1. The number of nitrogens with zero attached hydrogens (tertiary/aromatic N) is 4. The average molecular weight is 383 g/mol. The van der Waals surface area contributed by atoms with Crippen molar-refractivity contribution in [3.63, 3.8) is 0 Å². The van der Waals surface area contributed by atoms with E-state index in [1.807, 2.05) is 0 Å². The summed E-state index contributed by atoms with van der Waals surface area (Å²) in [6.45, 7) is 3.66. The van der Waals surface area contributed by atoms with E-state index in [4.69, 9.17) is 4.74 Å². The van der Waals surface area contributed by atoms with Crippen LogP contribution in [0.25, 0.3) is 0 Å². The van der Waals surface area contributed by atoms with Gasteiger partial charge in [-0.2, -0.15) is 0 Å². The van der Waals surface area contributed by atoms with Crippen LogP contribution in [-0.4, -0.2) is 71.3 Å². The smallest absolute Gasteiger partial charge is 0.339 e. The molecule has 3 rings (SSSR count). The van der Waals surface area contributed by atoms with E-state index in [1.165, 1.54) is 7.11 Å². The maximum Gasteiger partial charge on any atom is 0.339 e. The fourth-order valence-corrected chi connectivity index (χ4v) is 2.93. The molecule has 2 heterocycles. The van der Waals surface area contributed by atoms with E-state index in [-0.39, 0.29) is 17.5 Å². The molecule has 2 amide bonds. The quantitative estimate of drug-likeness (QED) is 0.611. The monoisotopic (exact) mass is 383 g/mol. The van der Waals surface area contributed by atoms with E-state index in [0.717, 1.165) is 6.41 Å². The van der Waals surface area contributed by atoms with E-state index in [0.29, 0.717) is 43.1 Å². The van der Waals surface area contributed by atoms with Crippen LogP contribution in [-0.2, 0) is 9.53 Å². The maximum atomic E-state index is 12.8. The third kappa shape index (κ3) is 4.25. The molecule has 9 nitrogen and oxygen atoms in total. The lowest BCUT2D eigenvalue weighted by atomic mass is 10.2. The van der Waals surface area contributed by atoms with Crippen molar-refractivity contribution in [2.24, 2.45) is 0 Å². The summed E-state index contributed by atoms with van der Waals surface area (Å²) in [7, 11) is 1.31. The van der Waals surface area contributed by atoms with Gasteiger partial charge in [-0.1, -0.05) is 12.1 Å². The van der Waals surface area contributed by atoms with Crippen molar-refractivity contribution in [2.75, 3.05) is 38.6 Å². The number of rotatable bonds is 5. The fraction of sp³-hybridized carbons (Fsp3) is 0.316. The predicted octanol–water partition coefficient (Wildman–Crippen LogP) is 1.23. The van der Waals surface area contributed by atoms with Gasteiger partial charge in [0.2, 0.25) is 12.4 Å². The zero-order chi connectivity index (χ0) is 20.1.